The number of likely N-dealkylation sites (N-methyl/N-ethyl adjacent to an activating group) is 1. The summed E-state index contributed by atoms with van der Waals surface area (Å²) in [6.45, 7) is 3.04. The second kappa shape index (κ2) is 5.80. The molecule has 0 saturated carbocycles. The Morgan fingerprint density at radius 1 is 1.24 bits per heavy atom. The van der Waals surface area contributed by atoms with E-state index in [-0.39, 0.29) is 0 Å². The molecule has 17 heavy (non-hydrogen) atoms. The number of imidazole rings is 1. The van der Waals surface area contributed by atoms with Gasteiger partial charge in [-0.05, 0) is 37.7 Å². The molecule has 2 N–H and O–H groups in total. The van der Waals surface area contributed by atoms with Crippen molar-refractivity contribution in [1.29, 1.82) is 0 Å². The molecule has 0 aliphatic rings. The maximum atomic E-state index is 4.37. The molecule has 0 amide bonds. The summed E-state index contributed by atoms with van der Waals surface area (Å²) in [5, 5.41) is 6.52. The zero-order valence-electron chi connectivity index (χ0n) is 10.5. The van der Waals surface area contributed by atoms with E-state index in [1.54, 1.807) is 0 Å². The Hall–Kier alpha value is -1.39. The average molecular weight is 232 g/mol. The molecule has 0 unspecified atom stereocenters. The normalized spacial score (nSPS) is 11.2. The van der Waals surface area contributed by atoms with Crippen LogP contribution < -0.4 is 10.6 Å². The largest absolute Gasteiger partial charge is 0.334 e. The van der Waals surface area contributed by atoms with Gasteiger partial charge in [-0.15, -0.1) is 0 Å². The van der Waals surface area contributed by atoms with Crippen LogP contribution >= 0.6 is 0 Å². The third-order valence-electron chi connectivity index (χ3n) is 2.93. The van der Waals surface area contributed by atoms with Gasteiger partial charge in [-0.3, -0.25) is 0 Å². The van der Waals surface area contributed by atoms with Crippen LogP contribution in [0.15, 0.2) is 24.5 Å². The van der Waals surface area contributed by atoms with E-state index >= 15 is 0 Å². The zero-order valence-corrected chi connectivity index (χ0v) is 10.5. The predicted molar refractivity (Wildman–Crippen MR) is 71.2 cm³/mol. The third kappa shape index (κ3) is 3.05. The second-order valence-corrected chi connectivity index (χ2v) is 4.28. The van der Waals surface area contributed by atoms with Crippen LogP contribution in [0.25, 0.3) is 11.0 Å². The van der Waals surface area contributed by atoms with E-state index in [1.165, 1.54) is 11.1 Å². The molecule has 4 nitrogen and oxygen atoms in total. The number of aromatic nitrogens is 2. The van der Waals surface area contributed by atoms with E-state index in [2.05, 4.69) is 33.8 Å². The summed E-state index contributed by atoms with van der Waals surface area (Å²) < 4.78 is 2.05. The van der Waals surface area contributed by atoms with Crippen LogP contribution in [0.2, 0.25) is 0 Å². The smallest absolute Gasteiger partial charge is 0.0955 e. The van der Waals surface area contributed by atoms with Gasteiger partial charge in [0.15, 0.2) is 0 Å². The van der Waals surface area contributed by atoms with Crippen LogP contribution in [0.3, 0.4) is 0 Å². The minimum atomic E-state index is 1.01. The number of rotatable bonds is 6. The summed E-state index contributed by atoms with van der Waals surface area (Å²) >= 11 is 0. The third-order valence-corrected chi connectivity index (χ3v) is 2.93. The summed E-state index contributed by atoms with van der Waals surface area (Å²) in [5.74, 6) is 0. The van der Waals surface area contributed by atoms with Crippen molar-refractivity contribution < 1.29 is 0 Å². The Balaban J connectivity index is 1.91. The number of fused-ring (bicyclic) bond motifs is 1. The fraction of sp³-hybridized carbons (Fsp3) is 0.462. The topological polar surface area (TPSA) is 41.9 Å². The molecule has 92 valence electrons. The van der Waals surface area contributed by atoms with Crippen LogP contribution in [0.1, 0.15) is 5.56 Å². The molecule has 1 aromatic heterocycles. The average Bonchev–Trinajstić information content (AvgIpc) is 2.71. The van der Waals surface area contributed by atoms with Crippen molar-refractivity contribution in [3.8, 4) is 0 Å². The Labute approximate surface area is 102 Å². The predicted octanol–water partition coefficient (Wildman–Crippen LogP) is 0.925. The first-order chi connectivity index (χ1) is 8.31. The SMILES string of the molecule is CNCCNCCc1ccc2c(c1)ncn2C. The Kier molecular flexibility index (Phi) is 4.12. The zero-order chi connectivity index (χ0) is 12.1. The lowest BCUT2D eigenvalue weighted by atomic mass is 10.1. The van der Waals surface area contributed by atoms with E-state index in [0.29, 0.717) is 0 Å². The van der Waals surface area contributed by atoms with Gasteiger partial charge in [0, 0.05) is 20.1 Å². The second-order valence-electron chi connectivity index (χ2n) is 4.28. The molecule has 0 fully saturated rings. The number of nitrogens with zero attached hydrogens (tertiary/aromatic N) is 2. The number of aryl methyl sites for hydroxylation is 1. The molecule has 0 atom stereocenters. The summed E-state index contributed by atoms with van der Waals surface area (Å²) in [7, 11) is 3.99. The fourth-order valence-corrected chi connectivity index (χ4v) is 1.91. The molecular weight excluding hydrogens is 212 g/mol. The van der Waals surface area contributed by atoms with Crippen molar-refractivity contribution in [2.24, 2.45) is 7.05 Å². The van der Waals surface area contributed by atoms with Crippen molar-refractivity contribution in [3.05, 3.63) is 30.1 Å². The number of nitrogens with one attached hydrogen (secondary N) is 2. The van der Waals surface area contributed by atoms with Gasteiger partial charge in [0.25, 0.3) is 0 Å². The summed E-state index contributed by atoms with van der Waals surface area (Å²) in [5.41, 5.74) is 3.62. The molecule has 2 rings (SSSR count). The molecule has 1 aromatic carbocycles. The first-order valence-corrected chi connectivity index (χ1v) is 6.06. The molecule has 0 radical (unpaired) electrons. The highest BCUT2D eigenvalue weighted by Crippen LogP contribution is 2.13. The summed E-state index contributed by atoms with van der Waals surface area (Å²) in [6.07, 6.45) is 2.91. The van der Waals surface area contributed by atoms with Gasteiger partial charge in [0.2, 0.25) is 0 Å². The minimum Gasteiger partial charge on any atom is -0.334 e. The lowest BCUT2D eigenvalue weighted by Crippen LogP contribution is -2.26. The standard InChI is InChI=1S/C13H20N4/c1-14-7-8-15-6-5-11-3-4-13-12(9-11)16-10-17(13)2/h3-4,9-10,14-15H,5-8H2,1-2H3. The van der Waals surface area contributed by atoms with E-state index in [4.69, 9.17) is 0 Å². The van der Waals surface area contributed by atoms with E-state index in [9.17, 15) is 0 Å². The minimum absolute atomic E-state index is 1.01. The fourth-order valence-electron chi connectivity index (χ4n) is 1.91. The van der Waals surface area contributed by atoms with Crippen LogP contribution in [0.5, 0.6) is 0 Å². The first-order valence-electron chi connectivity index (χ1n) is 6.06. The molecule has 1 heterocycles. The van der Waals surface area contributed by atoms with Gasteiger partial charge >= 0.3 is 0 Å². The van der Waals surface area contributed by atoms with Crippen LogP contribution in [-0.4, -0.2) is 36.2 Å². The van der Waals surface area contributed by atoms with Gasteiger partial charge in [0.05, 0.1) is 17.4 Å². The first kappa shape index (κ1) is 12.1. The highest BCUT2D eigenvalue weighted by atomic mass is 15.0. The van der Waals surface area contributed by atoms with Crippen molar-refractivity contribution in [2.45, 2.75) is 6.42 Å². The van der Waals surface area contributed by atoms with E-state index < -0.39 is 0 Å². The highest BCUT2D eigenvalue weighted by molar-refractivity contribution is 5.75. The maximum Gasteiger partial charge on any atom is 0.0955 e. The van der Waals surface area contributed by atoms with Crippen LogP contribution in [0, 0.1) is 0 Å². The molecule has 0 bridgehead atoms. The van der Waals surface area contributed by atoms with E-state index in [1.807, 2.05) is 25.0 Å². The van der Waals surface area contributed by atoms with Crippen LogP contribution in [-0.2, 0) is 13.5 Å². The van der Waals surface area contributed by atoms with Crippen LogP contribution in [0.4, 0.5) is 0 Å². The monoisotopic (exact) mass is 232 g/mol. The summed E-state index contributed by atoms with van der Waals surface area (Å²) in [4.78, 5) is 4.37. The molecule has 4 heteroatoms. The Morgan fingerprint density at radius 2 is 2.12 bits per heavy atom. The van der Waals surface area contributed by atoms with Gasteiger partial charge in [-0.25, -0.2) is 4.98 Å². The van der Waals surface area contributed by atoms with Gasteiger partial charge < -0.3 is 15.2 Å². The highest BCUT2D eigenvalue weighted by Gasteiger charge is 2.00. The van der Waals surface area contributed by atoms with Crippen molar-refractivity contribution in [1.82, 2.24) is 20.2 Å². The Morgan fingerprint density at radius 3 is 2.94 bits per heavy atom. The van der Waals surface area contributed by atoms with Crippen molar-refractivity contribution in [2.75, 3.05) is 26.7 Å². The van der Waals surface area contributed by atoms with Gasteiger partial charge in [-0.2, -0.15) is 0 Å². The van der Waals surface area contributed by atoms with Crippen molar-refractivity contribution >= 4 is 11.0 Å². The number of hydrogen-bond donors (Lipinski definition) is 2. The Bertz CT molecular complexity index is 475. The molecular formula is C13H20N4. The number of hydrogen-bond acceptors (Lipinski definition) is 3. The lowest BCUT2D eigenvalue weighted by molar-refractivity contribution is 0.649. The van der Waals surface area contributed by atoms with E-state index in [0.717, 1.165) is 31.6 Å². The molecule has 0 saturated heterocycles. The number of benzene rings is 1. The van der Waals surface area contributed by atoms with Gasteiger partial charge in [0.1, 0.15) is 0 Å². The summed E-state index contributed by atoms with van der Waals surface area (Å²) in [6, 6.07) is 6.50. The molecule has 0 spiro atoms. The van der Waals surface area contributed by atoms with Crippen molar-refractivity contribution in [3.63, 3.8) is 0 Å². The molecule has 0 aliphatic heterocycles. The molecule has 0 aliphatic carbocycles. The molecule has 2 aromatic rings. The van der Waals surface area contributed by atoms with Gasteiger partial charge in [-0.1, -0.05) is 6.07 Å². The quantitative estimate of drug-likeness (QED) is 0.728. The maximum absolute atomic E-state index is 4.37. The lowest BCUT2D eigenvalue weighted by Gasteiger charge is -2.04.